The van der Waals surface area contributed by atoms with E-state index in [0.29, 0.717) is 11.5 Å². The third-order valence-corrected chi connectivity index (χ3v) is 5.39. The molecule has 3 aliphatic rings. The summed E-state index contributed by atoms with van der Waals surface area (Å²) in [6.45, 7) is 4.95. The average Bonchev–Trinajstić information content (AvgIpc) is 2.49. The van der Waals surface area contributed by atoms with Crippen LogP contribution >= 0.6 is 0 Å². The van der Waals surface area contributed by atoms with Gasteiger partial charge in [0.2, 0.25) is 0 Å². The lowest BCUT2D eigenvalue weighted by atomic mass is 9.69. The molecule has 0 amide bonds. The smallest absolute Gasteiger partial charge is 0.0226 e. The second-order valence-electron chi connectivity index (χ2n) is 6.48. The van der Waals surface area contributed by atoms with Crippen molar-refractivity contribution in [3.05, 3.63) is 24.3 Å². The molecule has 1 fully saturated rings. The Balaban J connectivity index is 1.99. The van der Waals surface area contributed by atoms with E-state index in [1.807, 2.05) is 0 Å². The summed E-state index contributed by atoms with van der Waals surface area (Å²) < 4.78 is 0. The summed E-state index contributed by atoms with van der Waals surface area (Å²) in [5, 5.41) is 0. The molecule has 88 valence electrons. The van der Waals surface area contributed by atoms with Gasteiger partial charge in [-0.2, -0.15) is 0 Å². The van der Waals surface area contributed by atoms with E-state index in [0.717, 1.165) is 23.7 Å². The van der Waals surface area contributed by atoms with Crippen LogP contribution < -0.4 is 5.73 Å². The monoisotopic (exact) mass is 217 g/mol. The van der Waals surface area contributed by atoms with Crippen LogP contribution in [0.5, 0.6) is 0 Å². The Morgan fingerprint density at radius 3 is 2.62 bits per heavy atom. The van der Waals surface area contributed by atoms with E-state index in [-0.39, 0.29) is 0 Å². The molecule has 16 heavy (non-hydrogen) atoms. The maximum Gasteiger partial charge on any atom is 0.0226 e. The van der Waals surface area contributed by atoms with Crippen LogP contribution in [0.4, 0.5) is 0 Å². The van der Waals surface area contributed by atoms with Crippen molar-refractivity contribution in [2.75, 3.05) is 0 Å². The summed E-state index contributed by atoms with van der Waals surface area (Å²) in [7, 11) is 0. The highest BCUT2D eigenvalue weighted by molar-refractivity contribution is 5.19. The van der Waals surface area contributed by atoms with Crippen molar-refractivity contribution in [3.8, 4) is 0 Å². The zero-order valence-electron chi connectivity index (χ0n) is 10.4. The minimum Gasteiger partial charge on any atom is -0.324 e. The van der Waals surface area contributed by atoms with Gasteiger partial charge in [0.1, 0.15) is 0 Å². The second-order valence-corrected chi connectivity index (χ2v) is 6.48. The zero-order chi connectivity index (χ0) is 11.3. The van der Waals surface area contributed by atoms with Gasteiger partial charge in [-0.05, 0) is 48.3 Å². The Bertz CT molecular complexity index is 339. The Kier molecular flexibility index (Phi) is 2.29. The summed E-state index contributed by atoms with van der Waals surface area (Å²) in [5.74, 6) is 3.22. The standard InChI is InChI=1S/C15H23N/c1-15(2)13-6-4-3-5-11(13)12-8-7-10(16)9-14(12)15/h3,5,7-8,10-14H,4,6,9,16H2,1-2H3. The molecule has 5 atom stereocenters. The van der Waals surface area contributed by atoms with Crippen molar-refractivity contribution >= 4 is 0 Å². The predicted octanol–water partition coefficient (Wildman–Crippen LogP) is 3.13. The van der Waals surface area contributed by atoms with Gasteiger partial charge in [-0.25, -0.2) is 0 Å². The molecule has 0 spiro atoms. The third kappa shape index (κ3) is 1.34. The molecule has 0 bridgehead atoms. The Morgan fingerprint density at radius 1 is 1.06 bits per heavy atom. The van der Waals surface area contributed by atoms with Gasteiger partial charge in [0, 0.05) is 6.04 Å². The molecule has 1 nitrogen and oxygen atoms in total. The number of rotatable bonds is 0. The van der Waals surface area contributed by atoms with Crippen LogP contribution in [0.1, 0.15) is 33.1 Å². The van der Waals surface area contributed by atoms with Crippen LogP contribution in [0, 0.1) is 29.1 Å². The molecule has 0 aromatic rings. The summed E-state index contributed by atoms with van der Waals surface area (Å²) in [5.41, 5.74) is 6.57. The maximum atomic E-state index is 6.10. The molecule has 1 heteroatoms. The molecule has 3 rings (SSSR count). The van der Waals surface area contributed by atoms with E-state index < -0.39 is 0 Å². The molecule has 0 aromatic heterocycles. The van der Waals surface area contributed by atoms with Gasteiger partial charge in [0.25, 0.3) is 0 Å². The number of allylic oxidation sites excluding steroid dienone is 3. The third-order valence-electron chi connectivity index (χ3n) is 5.39. The largest absolute Gasteiger partial charge is 0.324 e. The Morgan fingerprint density at radius 2 is 1.81 bits per heavy atom. The lowest BCUT2D eigenvalue weighted by Crippen LogP contribution is -2.34. The summed E-state index contributed by atoms with van der Waals surface area (Å²) >= 11 is 0. The molecular formula is C15H23N. The Hall–Kier alpha value is -0.560. The minimum atomic E-state index is 0.296. The molecule has 3 aliphatic carbocycles. The van der Waals surface area contributed by atoms with Gasteiger partial charge < -0.3 is 5.73 Å². The summed E-state index contributed by atoms with van der Waals surface area (Å²) in [4.78, 5) is 0. The quantitative estimate of drug-likeness (QED) is 0.620. The number of fused-ring (bicyclic) bond motifs is 3. The molecule has 1 saturated carbocycles. The molecule has 0 radical (unpaired) electrons. The topological polar surface area (TPSA) is 26.0 Å². The van der Waals surface area contributed by atoms with Crippen molar-refractivity contribution in [2.45, 2.75) is 39.2 Å². The lowest BCUT2D eigenvalue weighted by molar-refractivity contribution is 0.148. The van der Waals surface area contributed by atoms with Gasteiger partial charge in [0.15, 0.2) is 0 Å². The van der Waals surface area contributed by atoms with Gasteiger partial charge in [-0.3, -0.25) is 0 Å². The highest BCUT2D eigenvalue weighted by Gasteiger charge is 2.54. The molecule has 5 unspecified atom stereocenters. The highest BCUT2D eigenvalue weighted by Crippen LogP contribution is 2.60. The van der Waals surface area contributed by atoms with Crippen molar-refractivity contribution in [3.63, 3.8) is 0 Å². The molecule has 2 N–H and O–H groups in total. The van der Waals surface area contributed by atoms with Crippen LogP contribution in [0.3, 0.4) is 0 Å². The van der Waals surface area contributed by atoms with Gasteiger partial charge in [0.05, 0.1) is 0 Å². The predicted molar refractivity (Wildman–Crippen MR) is 67.8 cm³/mol. The number of nitrogens with two attached hydrogens (primary N) is 1. The summed E-state index contributed by atoms with van der Waals surface area (Å²) in [6, 6.07) is 0.296. The fourth-order valence-corrected chi connectivity index (χ4v) is 4.53. The van der Waals surface area contributed by atoms with Crippen LogP contribution in [-0.2, 0) is 0 Å². The lowest BCUT2D eigenvalue weighted by Gasteiger charge is -2.37. The van der Waals surface area contributed by atoms with Crippen LogP contribution in [-0.4, -0.2) is 6.04 Å². The van der Waals surface area contributed by atoms with E-state index in [1.165, 1.54) is 19.3 Å². The van der Waals surface area contributed by atoms with E-state index in [1.54, 1.807) is 0 Å². The first-order chi connectivity index (χ1) is 7.60. The first-order valence-electron chi connectivity index (χ1n) is 6.71. The van der Waals surface area contributed by atoms with Gasteiger partial charge in [-0.1, -0.05) is 38.2 Å². The van der Waals surface area contributed by atoms with E-state index >= 15 is 0 Å². The number of hydrogen-bond acceptors (Lipinski definition) is 1. The highest BCUT2D eigenvalue weighted by atomic mass is 14.7. The van der Waals surface area contributed by atoms with Crippen molar-refractivity contribution in [1.82, 2.24) is 0 Å². The summed E-state index contributed by atoms with van der Waals surface area (Å²) in [6.07, 6.45) is 13.4. The Labute approximate surface area is 98.8 Å². The fraction of sp³-hybridized carbons (Fsp3) is 0.733. The molecular weight excluding hydrogens is 194 g/mol. The first kappa shape index (κ1) is 10.6. The van der Waals surface area contributed by atoms with Gasteiger partial charge in [-0.15, -0.1) is 0 Å². The van der Waals surface area contributed by atoms with Crippen LogP contribution in [0.25, 0.3) is 0 Å². The van der Waals surface area contributed by atoms with Gasteiger partial charge >= 0.3 is 0 Å². The number of hydrogen-bond donors (Lipinski definition) is 1. The van der Waals surface area contributed by atoms with Crippen molar-refractivity contribution < 1.29 is 0 Å². The average molecular weight is 217 g/mol. The zero-order valence-corrected chi connectivity index (χ0v) is 10.4. The van der Waals surface area contributed by atoms with Crippen molar-refractivity contribution in [1.29, 1.82) is 0 Å². The minimum absolute atomic E-state index is 0.296. The first-order valence-corrected chi connectivity index (χ1v) is 6.71. The maximum absolute atomic E-state index is 6.10. The van der Waals surface area contributed by atoms with Crippen molar-refractivity contribution in [2.24, 2.45) is 34.8 Å². The fourth-order valence-electron chi connectivity index (χ4n) is 4.53. The molecule has 0 aliphatic heterocycles. The molecule has 0 heterocycles. The van der Waals surface area contributed by atoms with E-state index in [9.17, 15) is 0 Å². The second kappa shape index (κ2) is 3.46. The van der Waals surface area contributed by atoms with Crippen LogP contribution in [0.15, 0.2) is 24.3 Å². The normalized spacial score (nSPS) is 48.8. The SMILES string of the molecule is CC1(C)C2CCC=CC2C2C=CC(N)CC21. The molecule has 0 saturated heterocycles. The van der Waals surface area contributed by atoms with E-state index in [2.05, 4.69) is 38.2 Å². The van der Waals surface area contributed by atoms with E-state index in [4.69, 9.17) is 5.73 Å². The molecule has 0 aromatic carbocycles. The van der Waals surface area contributed by atoms with Crippen LogP contribution in [0.2, 0.25) is 0 Å².